The number of nitrogens with zero attached hydrogens (tertiary/aromatic N) is 2. The maximum atomic E-state index is 12.7. The lowest BCUT2D eigenvalue weighted by atomic mass is 10.2. The third-order valence-electron chi connectivity index (χ3n) is 3.40. The van der Waals surface area contributed by atoms with Gasteiger partial charge >= 0.3 is 6.55 Å². The van der Waals surface area contributed by atoms with Gasteiger partial charge in [-0.3, -0.25) is 4.57 Å². The standard InChI is InChI=1S/C15H15F2N3O/c1-10(13-8-11-4-2-3-5-12(11)21-13)19-9-14-18-6-7-20(14)15(16)17/h2-8,10,15,19H,9H2,1H3/t10-/m0/s1. The zero-order valence-electron chi connectivity index (χ0n) is 11.5. The van der Waals surface area contributed by atoms with Crippen molar-refractivity contribution < 1.29 is 13.2 Å². The monoisotopic (exact) mass is 291 g/mol. The Labute approximate surface area is 120 Å². The molecule has 0 radical (unpaired) electrons. The SMILES string of the molecule is C[C@H](NCc1nccn1C(F)F)c1cc2ccccc2o1. The molecule has 3 rings (SSSR count). The molecule has 1 aromatic carbocycles. The molecule has 6 heteroatoms. The van der Waals surface area contributed by atoms with Gasteiger partial charge in [-0.05, 0) is 19.1 Å². The van der Waals surface area contributed by atoms with Gasteiger partial charge in [0.05, 0.1) is 12.6 Å². The van der Waals surface area contributed by atoms with Gasteiger partial charge in [-0.2, -0.15) is 8.78 Å². The molecule has 1 N–H and O–H groups in total. The highest BCUT2D eigenvalue weighted by Gasteiger charge is 2.14. The quantitative estimate of drug-likeness (QED) is 0.776. The molecule has 1 atom stereocenters. The lowest BCUT2D eigenvalue weighted by molar-refractivity contribution is 0.0664. The average molecular weight is 291 g/mol. The second-order valence-corrected chi connectivity index (χ2v) is 4.82. The maximum Gasteiger partial charge on any atom is 0.319 e. The van der Waals surface area contributed by atoms with Crippen molar-refractivity contribution in [3.63, 3.8) is 0 Å². The molecule has 0 amide bonds. The summed E-state index contributed by atoms with van der Waals surface area (Å²) in [6.07, 6.45) is 2.64. The lowest BCUT2D eigenvalue weighted by Gasteiger charge is -2.12. The minimum atomic E-state index is -2.58. The van der Waals surface area contributed by atoms with E-state index >= 15 is 0 Å². The number of nitrogens with one attached hydrogen (secondary N) is 1. The van der Waals surface area contributed by atoms with E-state index in [9.17, 15) is 8.78 Å². The molecule has 0 fully saturated rings. The Morgan fingerprint density at radius 1 is 1.33 bits per heavy atom. The van der Waals surface area contributed by atoms with Crippen LogP contribution in [0, 0.1) is 0 Å². The normalized spacial score (nSPS) is 13.1. The molecule has 2 heterocycles. The van der Waals surface area contributed by atoms with Gasteiger partial charge < -0.3 is 9.73 Å². The number of imidazole rings is 1. The summed E-state index contributed by atoms with van der Waals surface area (Å²) in [5, 5.41) is 4.17. The van der Waals surface area contributed by atoms with E-state index in [4.69, 9.17) is 4.42 Å². The first-order valence-electron chi connectivity index (χ1n) is 6.67. The third-order valence-corrected chi connectivity index (χ3v) is 3.40. The number of benzene rings is 1. The molecule has 4 nitrogen and oxygen atoms in total. The predicted molar refractivity (Wildman–Crippen MR) is 74.9 cm³/mol. The summed E-state index contributed by atoms with van der Waals surface area (Å²) >= 11 is 0. The molecule has 0 aliphatic rings. The summed E-state index contributed by atoms with van der Waals surface area (Å²) in [6.45, 7) is -0.408. The van der Waals surface area contributed by atoms with Gasteiger partial charge in [0.1, 0.15) is 17.2 Å². The Morgan fingerprint density at radius 2 is 2.14 bits per heavy atom. The van der Waals surface area contributed by atoms with Gasteiger partial charge in [-0.1, -0.05) is 18.2 Å². The van der Waals surface area contributed by atoms with Gasteiger partial charge in [-0.15, -0.1) is 0 Å². The van der Waals surface area contributed by atoms with Gasteiger partial charge in [-0.25, -0.2) is 4.98 Å². The van der Waals surface area contributed by atoms with Crippen LogP contribution in [0.4, 0.5) is 8.78 Å². The molecule has 21 heavy (non-hydrogen) atoms. The first-order valence-corrected chi connectivity index (χ1v) is 6.67. The maximum absolute atomic E-state index is 12.7. The third kappa shape index (κ3) is 2.80. The summed E-state index contributed by atoms with van der Waals surface area (Å²) in [4.78, 5) is 3.94. The van der Waals surface area contributed by atoms with E-state index in [0.29, 0.717) is 5.82 Å². The number of furan rings is 1. The molecular weight excluding hydrogens is 276 g/mol. The molecule has 3 aromatic rings. The predicted octanol–water partition coefficient (Wildman–Crippen LogP) is 3.88. The van der Waals surface area contributed by atoms with Crippen LogP contribution in [-0.2, 0) is 6.54 Å². The second kappa shape index (κ2) is 5.65. The van der Waals surface area contributed by atoms with Gasteiger partial charge in [0, 0.05) is 17.8 Å². The van der Waals surface area contributed by atoms with Crippen molar-refractivity contribution >= 4 is 11.0 Å². The molecule has 0 saturated heterocycles. The molecule has 0 aliphatic heterocycles. The van der Waals surface area contributed by atoms with Crippen molar-refractivity contribution in [2.45, 2.75) is 26.1 Å². The summed E-state index contributed by atoms with van der Waals surface area (Å²) in [7, 11) is 0. The van der Waals surface area contributed by atoms with E-state index in [1.165, 1.54) is 12.4 Å². The van der Waals surface area contributed by atoms with E-state index in [0.717, 1.165) is 21.3 Å². The Bertz CT molecular complexity index is 702. The molecular formula is C15H15F2N3O. The van der Waals surface area contributed by atoms with Crippen LogP contribution in [0.1, 0.15) is 31.1 Å². The highest BCUT2D eigenvalue weighted by molar-refractivity contribution is 5.77. The minimum Gasteiger partial charge on any atom is -0.459 e. The van der Waals surface area contributed by atoms with Crippen LogP contribution >= 0.6 is 0 Å². The van der Waals surface area contributed by atoms with Crippen molar-refractivity contribution in [2.24, 2.45) is 0 Å². The van der Waals surface area contributed by atoms with E-state index in [-0.39, 0.29) is 12.6 Å². The van der Waals surface area contributed by atoms with Crippen molar-refractivity contribution in [1.82, 2.24) is 14.9 Å². The summed E-state index contributed by atoms with van der Waals surface area (Å²) in [6, 6.07) is 9.58. The molecule has 0 unspecified atom stereocenters. The largest absolute Gasteiger partial charge is 0.459 e. The first kappa shape index (κ1) is 13.8. The van der Waals surface area contributed by atoms with Crippen molar-refractivity contribution in [3.8, 4) is 0 Å². The Kier molecular flexibility index (Phi) is 3.70. The summed E-state index contributed by atoms with van der Waals surface area (Å²) in [5.74, 6) is 1.07. The van der Waals surface area contributed by atoms with Crippen molar-refractivity contribution in [2.75, 3.05) is 0 Å². The number of hydrogen-bond donors (Lipinski definition) is 1. The Morgan fingerprint density at radius 3 is 2.90 bits per heavy atom. The van der Waals surface area contributed by atoms with Crippen LogP contribution in [-0.4, -0.2) is 9.55 Å². The number of halogens is 2. The van der Waals surface area contributed by atoms with Crippen LogP contribution in [0.5, 0.6) is 0 Å². The Balaban J connectivity index is 1.71. The zero-order chi connectivity index (χ0) is 14.8. The van der Waals surface area contributed by atoms with E-state index < -0.39 is 6.55 Å². The number of para-hydroxylation sites is 1. The zero-order valence-corrected chi connectivity index (χ0v) is 11.5. The van der Waals surface area contributed by atoms with E-state index in [1.54, 1.807) is 0 Å². The van der Waals surface area contributed by atoms with Crippen LogP contribution in [0.25, 0.3) is 11.0 Å². The van der Waals surface area contributed by atoms with E-state index in [2.05, 4.69) is 10.3 Å². The molecule has 0 aliphatic carbocycles. The number of hydrogen-bond acceptors (Lipinski definition) is 3. The summed E-state index contributed by atoms with van der Waals surface area (Å²) < 4.78 is 32.0. The number of aromatic nitrogens is 2. The smallest absolute Gasteiger partial charge is 0.319 e. The molecule has 110 valence electrons. The van der Waals surface area contributed by atoms with Crippen LogP contribution in [0.3, 0.4) is 0 Å². The lowest BCUT2D eigenvalue weighted by Crippen LogP contribution is -2.20. The highest BCUT2D eigenvalue weighted by Crippen LogP contribution is 2.23. The van der Waals surface area contributed by atoms with Crippen molar-refractivity contribution in [1.29, 1.82) is 0 Å². The first-order chi connectivity index (χ1) is 10.1. The average Bonchev–Trinajstić information content (AvgIpc) is 3.10. The van der Waals surface area contributed by atoms with Crippen molar-refractivity contribution in [3.05, 3.63) is 54.3 Å². The molecule has 0 spiro atoms. The fraction of sp³-hybridized carbons (Fsp3) is 0.267. The Hall–Kier alpha value is -2.21. The fourth-order valence-corrected chi connectivity index (χ4v) is 2.22. The molecule has 2 aromatic heterocycles. The topological polar surface area (TPSA) is 43.0 Å². The number of alkyl halides is 2. The van der Waals surface area contributed by atoms with Gasteiger partial charge in [0.15, 0.2) is 0 Å². The highest BCUT2D eigenvalue weighted by atomic mass is 19.3. The molecule has 0 saturated carbocycles. The molecule has 0 bridgehead atoms. The number of fused-ring (bicyclic) bond motifs is 1. The number of rotatable bonds is 5. The van der Waals surface area contributed by atoms with Crippen LogP contribution < -0.4 is 5.32 Å². The fourth-order valence-electron chi connectivity index (χ4n) is 2.22. The van der Waals surface area contributed by atoms with Gasteiger partial charge in [0.2, 0.25) is 0 Å². The summed E-state index contributed by atoms with van der Waals surface area (Å²) in [5.41, 5.74) is 0.815. The second-order valence-electron chi connectivity index (χ2n) is 4.82. The van der Waals surface area contributed by atoms with Gasteiger partial charge in [0.25, 0.3) is 0 Å². The van der Waals surface area contributed by atoms with Crippen LogP contribution in [0.15, 0.2) is 47.1 Å². The minimum absolute atomic E-state index is 0.0970. The van der Waals surface area contributed by atoms with Crippen LogP contribution in [0.2, 0.25) is 0 Å². The van der Waals surface area contributed by atoms with E-state index in [1.807, 2.05) is 37.3 Å².